The van der Waals surface area contributed by atoms with Gasteiger partial charge in [-0.05, 0) is 24.0 Å². The van der Waals surface area contributed by atoms with Gasteiger partial charge in [0.15, 0.2) is 5.79 Å². The van der Waals surface area contributed by atoms with Gasteiger partial charge in [0.05, 0.1) is 6.61 Å². The monoisotopic (exact) mass is 246 g/mol. The van der Waals surface area contributed by atoms with Gasteiger partial charge < -0.3 is 9.47 Å². The largest absolute Gasteiger partial charge is 0.347 e. The quantitative estimate of drug-likeness (QED) is 0.651. The molecule has 2 nitrogen and oxygen atoms in total. The molecule has 2 rings (SSSR count). The fourth-order valence-electron chi connectivity index (χ4n) is 2.13. The lowest BCUT2D eigenvalue weighted by atomic mass is 10.1. The summed E-state index contributed by atoms with van der Waals surface area (Å²) in [4.78, 5) is 0. The number of benzene rings is 1. The van der Waals surface area contributed by atoms with Crippen molar-refractivity contribution in [3.05, 3.63) is 42.0 Å². The van der Waals surface area contributed by atoms with Crippen LogP contribution in [0.1, 0.15) is 37.3 Å². The maximum Gasteiger partial charge on any atom is 0.192 e. The summed E-state index contributed by atoms with van der Waals surface area (Å²) in [7, 11) is 0. The smallest absolute Gasteiger partial charge is 0.192 e. The van der Waals surface area contributed by atoms with Crippen molar-refractivity contribution in [1.29, 1.82) is 0 Å². The first-order valence-corrected chi connectivity index (χ1v) is 6.78. The summed E-state index contributed by atoms with van der Waals surface area (Å²) in [6, 6.07) is 8.31. The lowest BCUT2D eigenvalue weighted by Gasteiger charge is -2.13. The van der Waals surface area contributed by atoms with Crippen molar-refractivity contribution in [2.24, 2.45) is 0 Å². The second-order valence-electron chi connectivity index (χ2n) is 4.80. The third-order valence-electron chi connectivity index (χ3n) is 3.39. The Balaban J connectivity index is 1.80. The van der Waals surface area contributed by atoms with Gasteiger partial charge in [-0.2, -0.15) is 0 Å². The maximum absolute atomic E-state index is 5.89. The molecule has 98 valence electrons. The zero-order valence-electron chi connectivity index (χ0n) is 11.2. The number of ether oxygens (including phenoxy) is 2. The van der Waals surface area contributed by atoms with Crippen LogP contribution in [0.5, 0.6) is 0 Å². The second kappa shape index (κ2) is 6.17. The highest BCUT2D eigenvalue weighted by Crippen LogP contribution is 2.34. The van der Waals surface area contributed by atoms with Crippen molar-refractivity contribution in [3.63, 3.8) is 0 Å². The summed E-state index contributed by atoms with van der Waals surface area (Å²) < 4.78 is 11.3. The lowest BCUT2D eigenvalue weighted by molar-refractivity contribution is -0.0485. The molecule has 1 aliphatic heterocycles. The summed E-state index contributed by atoms with van der Waals surface area (Å²) in [6.07, 6.45) is 6.19. The first-order chi connectivity index (χ1) is 8.79. The molecule has 1 aromatic rings. The standard InChI is InChI=1S/C16H22O2/c1-3-5-11-16(13-18-16)17-12-10-15-9-7-6-8-14(15)4-2/h4,6-9H,2-3,5,10-13H2,1H3. The van der Waals surface area contributed by atoms with Crippen LogP contribution in [0.3, 0.4) is 0 Å². The SMILES string of the molecule is C=Cc1ccccc1CCOC1(CCCC)CO1. The minimum atomic E-state index is -0.251. The summed E-state index contributed by atoms with van der Waals surface area (Å²) in [6.45, 7) is 7.50. The van der Waals surface area contributed by atoms with E-state index in [0.717, 1.165) is 19.4 Å². The van der Waals surface area contributed by atoms with E-state index in [1.165, 1.54) is 24.0 Å². The van der Waals surface area contributed by atoms with Crippen LogP contribution in [0.15, 0.2) is 30.8 Å². The van der Waals surface area contributed by atoms with Crippen molar-refractivity contribution >= 4 is 6.08 Å². The molecule has 1 saturated heterocycles. The number of hydrogen-bond donors (Lipinski definition) is 0. The Bertz CT molecular complexity index is 394. The molecule has 1 atom stereocenters. The number of epoxide rings is 1. The molecular weight excluding hydrogens is 224 g/mol. The van der Waals surface area contributed by atoms with Crippen LogP contribution in [-0.2, 0) is 15.9 Å². The van der Waals surface area contributed by atoms with Crippen LogP contribution in [-0.4, -0.2) is 19.0 Å². The zero-order valence-corrected chi connectivity index (χ0v) is 11.2. The number of rotatable bonds is 8. The molecule has 0 aromatic heterocycles. The molecule has 1 aromatic carbocycles. The van der Waals surface area contributed by atoms with Crippen molar-refractivity contribution in [2.75, 3.05) is 13.2 Å². The third-order valence-corrected chi connectivity index (χ3v) is 3.39. The minimum absolute atomic E-state index is 0.251. The van der Waals surface area contributed by atoms with E-state index in [9.17, 15) is 0 Å². The van der Waals surface area contributed by atoms with E-state index in [1.807, 2.05) is 12.1 Å². The molecule has 0 bridgehead atoms. The Morgan fingerprint density at radius 3 is 2.89 bits per heavy atom. The fraction of sp³-hybridized carbons (Fsp3) is 0.500. The molecular formula is C16H22O2. The molecule has 1 aliphatic rings. The van der Waals surface area contributed by atoms with Gasteiger partial charge in [0.2, 0.25) is 0 Å². The minimum Gasteiger partial charge on any atom is -0.347 e. The van der Waals surface area contributed by atoms with E-state index >= 15 is 0 Å². The predicted molar refractivity (Wildman–Crippen MR) is 74.4 cm³/mol. The Morgan fingerprint density at radius 1 is 1.44 bits per heavy atom. The molecule has 1 heterocycles. The highest BCUT2D eigenvalue weighted by Gasteiger charge is 2.45. The molecule has 0 amide bonds. The van der Waals surface area contributed by atoms with Crippen LogP contribution in [0.2, 0.25) is 0 Å². The average molecular weight is 246 g/mol. The second-order valence-corrected chi connectivity index (χ2v) is 4.80. The van der Waals surface area contributed by atoms with Crippen molar-refractivity contribution in [1.82, 2.24) is 0 Å². The van der Waals surface area contributed by atoms with Gasteiger partial charge in [-0.1, -0.05) is 50.3 Å². The molecule has 2 heteroatoms. The molecule has 0 spiro atoms. The van der Waals surface area contributed by atoms with E-state index in [0.29, 0.717) is 6.61 Å². The van der Waals surface area contributed by atoms with Gasteiger partial charge in [0, 0.05) is 6.42 Å². The molecule has 0 saturated carbocycles. The van der Waals surface area contributed by atoms with Crippen LogP contribution in [0.25, 0.3) is 6.08 Å². The van der Waals surface area contributed by atoms with Gasteiger partial charge in [0.25, 0.3) is 0 Å². The maximum atomic E-state index is 5.89. The number of hydrogen-bond acceptors (Lipinski definition) is 2. The van der Waals surface area contributed by atoms with Gasteiger partial charge in [0.1, 0.15) is 6.61 Å². The first kappa shape index (κ1) is 13.3. The summed E-state index contributed by atoms with van der Waals surface area (Å²) >= 11 is 0. The Kier molecular flexibility index (Phi) is 4.56. The van der Waals surface area contributed by atoms with E-state index in [-0.39, 0.29) is 5.79 Å². The van der Waals surface area contributed by atoms with Crippen molar-refractivity contribution in [3.8, 4) is 0 Å². The van der Waals surface area contributed by atoms with Crippen molar-refractivity contribution in [2.45, 2.75) is 38.4 Å². The Morgan fingerprint density at radius 2 is 2.22 bits per heavy atom. The van der Waals surface area contributed by atoms with Gasteiger partial charge in [-0.3, -0.25) is 0 Å². The highest BCUT2D eigenvalue weighted by molar-refractivity contribution is 5.51. The summed E-state index contributed by atoms with van der Waals surface area (Å²) in [5.41, 5.74) is 2.49. The number of unbranched alkanes of at least 4 members (excludes halogenated alkanes) is 1. The Labute approximate surface area is 110 Å². The fourth-order valence-corrected chi connectivity index (χ4v) is 2.13. The van der Waals surface area contributed by atoms with Crippen LogP contribution >= 0.6 is 0 Å². The lowest BCUT2D eigenvalue weighted by Crippen LogP contribution is -2.18. The van der Waals surface area contributed by atoms with E-state index in [4.69, 9.17) is 9.47 Å². The predicted octanol–water partition coefficient (Wildman–Crippen LogP) is 3.81. The summed E-state index contributed by atoms with van der Waals surface area (Å²) in [5.74, 6) is -0.251. The van der Waals surface area contributed by atoms with Crippen LogP contribution in [0.4, 0.5) is 0 Å². The topological polar surface area (TPSA) is 21.8 Å². The first-order valence-electron chi connectivity index (χ1n) is 6.78. The van der Waals surface area contributed by atoms with Gasteiger partial charge in [-0.25, -0.2) is 0 Å². The normalized spacial score (nSPS) is 21.8. The van der Waals surface area contributed by atoms with Crippen molar-refractivity contribution < 1.29 is 9.47 Å². The summed E-state index contributed by atoms with van der Waals surface area (Å²) in [5, 5.41) is 0. The zero-order chi connectivity index (χ0) is 12.8. The van der Waals surface area contributed by atoms with Crippen LogP contribution < -0.4 is 0 Å². The molecule has 0 radical (unpaired) electrons. The Hall–Kier alpha value is -1.12. The highest BCUT2D eigenvalue weighted by atomic mass is 16.8. The van der Waals surface area contributed by atoms with Gasteiger partial charge in [-0.15, -0.1) is 0 Å². The van der Waals surface area contributed by atoms with E-state index in [1.54, 1.807) is 0 Å². The molecule has 0 N–H and O–H groups in total. The molecule has 18 heavy (non-hydrogen) atoms. The molecule has 0 aliphatic carbocycles. The van der Waals surface area contributed by atoms with Crippen LogP contribution in [0, 0.1) is 0 Å². The van der Waals surface area contributed by atoms with Gasteiger partial charge >= 0.3 is 0 Å². The van der Waals surface area contributed by atoms with E-state index in [2.05, 4.69) is 31.7 Å². The average Bonchev–Trinajstić information content (AvgIpc) is 3.17. The third kappa shape index (κ3) is 3.44. The molecule has 1 unspecified atom stereocenters. The van der Waals surface area contributed by atoms with E-state index < -0.39 is 0 Å². The molecule has 1 fully saturated rings.